The molecule has 4 rings (SSSR count). The Bertz CT molecular complexity index is 1000. The van der Waals surface area contributed by atoms with Gasteiger partial charge in [0.25, 0.3) is 0 Å². The predicted molar refractivity (Wildman–Crippen MR) is 120 cm³/mol. The van der Waals surface area contributed by atoms with Crippen molar-refractivity contribution in [1.82, 2.24) is 5.01 Å². The molecule has 3 aromatic rings. The van der Waals surface area contributed by atoms with Crippen molar-refractivity contribution in [1.29, 1.82) is 0 Å². The lowest BCUT2D eigenvalue weighted by molar-refractivity contribution is 0.218. The minimum absolute atomic E-state index is 0.0684. The maximum absolute atomic E-state index is 5.73. The molecule has 1 aliphatic heterocycles. The van der Waals surface area contributed by atoms with Crippen LogP contribution in [0, 0.1) is 0 Å². The van der Waals surface area contributed by atoms with E-state index in [0.29, 0.717) is 0 Å². The lowest BCUT2D eigenvalue weighted by Crippen LogP contribution is -2.20. The number of hydrazone groups is 1. The van der Waals surface area contributed by atoms with Gasteiger partial charge in [-0.2, -0.15) is 5.10 Å². The average molecular weight is 451 g/mol. The fourth-order valence-corrected chi connectivity index (χ4v) is 4.00. The van der Waals surface area contributed by atoms with Crippen LogP contribution < -0.4 is 9.47 Å². The summed E-state index contributed by atoms with van der Waals surface area (Å²) in [5.41, 5.74) is 4.51. The monoisotopic (exact) mass is 450 g/mol. The van der Waals surface area contributed by atoms with Crippen LogP contribution in [0.3, 0.4) is 0 Å². The molecule has 0 saturated heterocycles. The van der Waals surface area contributed by atoms with Gasteiger partial charge in [-0.25, -0.2) is 0 Å². The molecule has 0 radical (unpaired) electrons. The van der Waals surface area contributed by atoms with E-state index in [1.54, 1.807) is 14.2 Å². The summed E-state index contributed by atoms with van der Waals surface area (Å²) in [6.45, 7) is 0.728. The molecular weight excluding hydrogens is 428 g/mol. The van der Waals surface area contributed by atoms with Crippen LogP contribution in [0.25, 0.3) is 0 Å². The van der Waals surface area contributed by atoms with Crippen molar-refractivity contribution in [2.75, 3.05) is 14.2 Å². The molecule has 148 valence electrons. The van der Waals surface area contributed by atoms with Crippen LogP contribution in [0.5, 0.6) is 11.5 Å². The molecule has 0 saturated carbocycles. The lowest BCUT2D eigenvalue weighted by atomic mass is 9.97. The summed E-state index contributed by atoms with van der Waals surface area (Å²) in [5, 5.41) is 7.17. The highest BCUT2D eigenvalue weighted by Crippen LogP contribution is 2.42. The fourth-order valence-electron chi connectivity index (χ4n) is 3.73. The SMILES string of the molecule is COc1cccc(C2CC(c3ccc(Br)cc3)=NN2Cc2ccccc2)c1OC. The van der Waals surface area contributed by atoms with Crippen LogP contribution in [-0.2, 0) is 6.54 Å². The molecule has 4 nitrogen and oxygen atoms in total. The van der Waals surface area contributed by atoms with Crippen LogP contribution in [0.1, 0.15) is 29.2 Å². The first-order valence-electron chi connectivity index (χ1n) is 9.54. The Hall–Kier alpha value is -2.79. The Labute approximate surface area is 179 Å². The Morgan fingerprint density at radius 3 is 2.38 bits per heavy atom. The van der Waals surface area contributed by atoms with E-state index in [9.17, 15) is 0 Å². The first-order valence-corrected chi connectivity index (χ1v) is 10.3. The summed E-state index contributed by atoms with van der Waals surface area (Å²) < 4.78 is 12.3. The average Bonchev–Trinajstić information content (AvgIpc) is 3.17. The zero-order valence-electron chi connectivity index (χ0n) is 16.5. The van der Waals surface area contributed by atoms with Crippen LogP contribution in [0.2, 0.25) is 0 Å². The molecule has 1 unspecified atom stereocenters. The van der Waals surface area contributed by atoms with Crippen molar-refractivity contribution in [3.63, 3.8) is 0 Å². The molecule has 3 aromatic carbocycles. The van der Waals surface area contributed by atoms with Crippen molar-refractivity contribution < 1.29 is 9.47 Å². The number of rotatable bonds is 6. The van der Waals surface area contributed by atoms with E-state index in [0.717, 1.165) is 45.8 Å². The van der Waals surface area contributed by atoms with Gasteiger partial charge in [0.2, 0.25) is 0 Å². The van der Waals surface area contributed by atoms with E-state index in [-0.39, 0.29) is 6.04 Å². The number of methoxy groups -OCH3 is 2. The Morgan fingerprint density at radius 1 is 0.931 bits per heavy atom. The van der Waals surface area contributed by atoms with Crippen molar-refractivity contribution in [3.8, 4) is 11.5 Å². The summed E-state index contributed by atoms with van der Waals surface area (Å²) in [7, 11) is 3.36. The molecule has 0 amide bonds. The summed E-state index contributed by atoms with van der Waals surface area (Å²) in [6, 6.07) is 24.8. The number of hydrogen-bond acceptors (Lipinski definition) is 4. The van der Waals surface area contributed by atoms with Gasteiger partial charge < -0.3 is 9.47 Å². The van der Waals surface area contributed by atoms with E-state index in [1.807, 2.05) is 18.2 Å². The second-order valence-corrected chi connectivity index (χ2v) is 7.86. The van der Waals surface area contributed by atoms with Gasteiger partial charge >= 0.3 is 0 Å². The zero-order valence-corrected chi connectivity index (χ0v) is 18.1. The smallest absolute Gasteiger partial charge is 0.166 e. The van der Waals surface area contributed by atoms with Crippen molar-refractivity contribution in [2.45, 2.75) is 19.0 Å². The van der Waals surface area contributed by atoms with Gasteiger partial charge in [-0.3, -0.25) is 5.01 Å². The van der Waals surface area contributed by atoms with Gasteiger partial charge in [0, 0.05) is 16.5 Å². The fraction of sp³-hybridized carbons (Fsp3) is 0.208. The molecule has 0 N–H and O–H groups in total. The van der Waals surface area contributed by atoms with Gasteiger partial charge in [0.05, 0.1) is 32.5 Å². The minimum atomic E-state index is 0.0684. The van der Waals surface area contributed by atoms with Gasteiger partial charge in [0.15, 0.2) is 11.5 Å². The van der Waals surface area contributed by atoms with Gasteiger partial charge in [-0.1, -0.05) is 70.5 Å². The van der Waals surface area contributed by atoms with Crippen molar-refractivity contribution >= 4 is 21.6 Å². The first kappa shape index (κ1) is 19.5. The molecule has 1 atom stereocenters. The van der Waals surface area contributed by atoms with Crippen LogP contribution in [0.15, 0.2) is 82.4 Å². The van der Waals surface area contributed by atoms with Crippen molar-refractivity contribution in [3.05, 3.63) is 94.0 Å². The number of benzene rings is 3. The lowest BCUT2D eigenvalue weighted by Gasteiger charge is -2.26. The highest BCUT2D eigenvalue weighted by Gasteiger charge is 2.31. The summed E-state index contributed by atoms with van der Waals surface area (Å²) >= 11 is 3.51. The maximum atomic E-state index is 5.73. The van der Waals surface area contributed by atoms with Gasteiger partial charge in [0.1, 0.15) is 0 Å². The van der Waals surface area contributed by atoms with Crippen LogP contribution in [-0.4, -0.2) is 24.9 Å². The van der Waals surface area contributed by atoms with E-state index in [4.69, 9.17) is 14.6 Å². The number of halogens is 1. The molecule has 29 heavy (non-hydrogen) atoms. The minimum Gasteiger partial charge on any atom is -0.493 e. The molecule has 1 aliphatic rings. The van der Waals surface area contributed by atoms with Crippen LogP contribution in [0.4, 0.5) is 0 Å². The topological polar surface area (TPSA) is 34.1 Å². The maximum Gasteiger partial charge on any atom is 0.166 e. The standard InChI is InChI=1S/C24H23BrN2O2/c1-28-23-10-6-9-20(24(23)29-2)22-15-21(18-11-13-19(25)14-12-18)26-27(22)16-17-7-4-3-5-8-17/h3-14,22H,15-16H2,1-2H3. The summed E-state index contributed by atoms with van der Waals surface area (Å²) in [5.74, 6) is 1.51. The van der Waals surface area contributed by atoms with Crippen molar-refractivity contribution in [2.24, 2.45) is 5.10 Å². The predicted octanol–water partition coefficient (Wildman–Crippen LogP) is 5.82. The van der Waals surface area contributed by atoms with E-state index < -0.39 is 0 Å². The molecule has 0 spiro atoms. The second kappa shape index (κ2) is 8.70. The Balaban J connectivity index is 1.73. The quantitative estimate of drug-likeness (QED) is 0.474. The first-order chi connectivity index (χ1) is 14.2. The highest BCUT2D eigenvalue weighted by molar-refractivity contribution is 9.10. The van der Waals surface area contributed by atoms with Gasteiger partial charge in [-0.15, -0.1) is 0 Å². The Morgan fingerprint density at radius 2 is 1.69 bits per heavy atom. The van der Waals surface area contributed by atoms with E-state index in [2.05, 4.69) is 75.5 Å². The van der Waals surface area contributed by atoms with Crippen LogP contribution >= 0.6 is 15.9 Å². The molecule has 0 bridgehead atoms. The van der Waals surface area contributed by atoms with E-state index in [1.165, 1.54) is 5.56 Å². The van der Waals surface area contributed by atoms with E-state index >= 15 is 0 Å². The molecule has 0 aromatic heterocycles. The number of ether oxygens (including phenoxy) is 2. The molecule has 1 heterocycles. The molecule has 0 aliphatic carbocycles. The highest BCUT2D eigenvalue weighted by atomic mass is 79.9. The third-order valence-electron chi connectivity index (χ3n) is 5.15. The second-order valence-electron chi connectivity index (χ2n) is 6.94. The number of para-hydroxylation sites is 1. The third-order valence-corrected chi connectivity index (χ3v) is 5.68. The number of hydrogen-bond donors (Lipinski definition) is 0. The molecular formula is C24H23BrN2O2. The largest absolute Gasteiger partial charge is 0.493 e. The Kier molecular flexibility index (Phi) is 5.86. The summed E-state index contributed by atoms with van der Waals surface area (Å²) in [6.07, 6.45) is 0.804. The molecule has 5 heteroatoms. The zero-order chi connectivity index (χ0) is 20.2. The normalized spacial score (nSPS) is 15.9. The molecule has 0 fully saturated rings. The number of nitrogens with zero attached hydrogens (tertiary/aromatic N) is 2. The summed E-state index contributed by atoms with van der Waals surface area (Å²) in [4.78, 5) is 0. The van der Waals surface area contributed by atoms with Gasteiger partial charge in [-0.05, 0) is 29.3 Å². The third kappa shape index (κ3) is 4.15.